The van der Waals surface area contributed by atoms with Gasteiger partial charge in [0.25, 0.3) is 0 Å². The van der Waals surface area contributed by atoms with Crippen molar-refractivity contribution in [1.29, 1.82) is 0 Å². The first-order chi connectivity index (χ1) is 11.1. The van der Waals surface area contributed by atoms with Gasteiger partial charge < -0.3 is 9.64 Å². The molecule has 5 nitrogen and oxygen atoms in total. The highest BCUT2D eigenvalue weighted by molar-refractivity contribution is 7.89. The number of benzene rings is 1. The Bertz CT molecular complexity index is 600. The summed E-state index contributed by atoms with van der Waals surface area (Å²) >= 11 is 0. The van der Waals surface area contributed by atoms with Gasteiger partial charge in [0, 0.05) is 13.1 Å². The Labute approximate surface area is 139 Å². The minimum Gasteiger partial charge on any atom is -0.375 e. The van der Waals surface area contributed by atoms with Crippen molar-refractivity contribution in [1.82, 2.24) is 9.21 Å². The molecule has 0 aromatic heterocycles. The van der Waals surface area contributed by atoms with Crippen LogP contribution >= 0.6 is 0 Å². The lowest BCUT2D eigenvalue weighted by Crippen LogP contribution is -2.48. The van der Waals surface area contributed by atoms with Crippen LogP contribution in [0.4, 0.5) is 0 Å². The second-order valence-corrected chi connectivity index (χ2v) is 8.55. The van der Waals surface area contributed by atoms with Crippen molar-refractivity contribution in [2.45, 2.75) is 31.9 Å². The van der Waals surface area contributed by atoms with Gasteiger partial charge in [0.1, 0.15) is 0 Å². The fourth-order valence-corrected chi connectivity index (χ4v) is 5.12. The van der Waals surface area contributed by atoms with Crippen LogP contribution in [0.3, 0.4) is 0 Å². The molecule has 0 spiro atoms. The van der Waals surface area contributed by atoms with E-state index < -0.39 is 10.0 Å². The fraction of sp³-hybridized carbons (Fsp3) is 0.647. The number of hydrogen-bond donors (Lipinski definition) is 0. The third-order valence-electron chi connectivity index (χ3n) is 4.73. The van der Waals surface area contributed by atoms with Crippen molar-refractivity contribution in [2.75, 3.05) is 38.5 Å². The molecule has 2 saturated heterocycles. The smallest absolute Gasteiger partial charge is 0.216 e. The minimum atomic E-state index is -3.29. The molecule has 0 bridgehead atoms. The summed E-state index contributed by atoms with van der Waals surface area (Å²) in [6.07, 6.45) is 2.30. The lowest BCUT2D eigenvalue weighted by atomic mass is 10.1. The van der Waals surface area contributed by atoms with E-state index in [4.69, 9.17) is 4.74 Å². The highest BCUT2D eigenvalue weighted by atomic mass is 32.2. The van der Waals surface area contributed by atoms with Crippen LogP contribution in [0.1, 0.15) is 31.4 Å². The van der Waals surface area contributed by atoms with E-state index in [1.165, 1.54) is 12.8 Å². The Morgan fingerprint density at radius 1 is 1.17 bits per heavy atom. The van der Waals surface area contributed by atoms with Crippen molar-refractivity contribution in [3.05, 3.63) is 35.9 Å². The van der Waals surface area contributed by atoms with E-state index >= 15 is 0 Å². The predicted molar refractivity (Wildman–Crippen MR) is 90.8 cm³/mol. The van der Waals surface area contributed by atoms with E-state index in [9.17, 15) is 8.42 Å². The lowest BCUT2D eigenvalue weighted by Gasteiger charge is -2.38. The fourth-order valence-electron chi connectivity index (χ4n) is 3.38. The molecule has 0 aliphatic carbocycles. The number of sulfonamides is 1. The number of hydrogen-bond acceptors (Lipinski definition) is 4. The minimum absolute atomic E-state index is 0.0588. The van der Waals surface area contributed by atoms with E-state index in [0.29, 0.717) is 19.7 Å². The van der Waals surface area contributed by atoms with Crippen LogP contribution in [0, 0.1) is 0 Å². The maximum atomic E-state index is 12.9. The molecule has 0 amide bonds. The first kappa shape index (κ1) is 16.9. The average molecular weight is 338 g/mol. The second kappa shape index (κ2) is 7.30. The molecule has 3 rings (SSSR count). The van der Waals surface area contributed by atoms with Crippen LogP contribution in [0.5, 0.6) is 0 Å². The highest BCUT2D eigenvalue weighted by Crippen LogP contribution is 2.29. The Morgan fingerprint density at radius 2 is 1.87 bits per heavy atom. The van der Waals surface area contributed by atoms with Gasteiger partial charge in [-0.15, -0.1) is 0 Å². The molecule has 2 aliphatic heterocycles. The molecule has 23 heavy (non-hydrogen) atoms. The van der Waals surface area contributed by atoms with E-state index in [-0.39, 0.29) is 17.9 Å². The third kappa shape index (κ3) is 4.12. The quantitative estimate of drug-likeness (QED) is 0.822. The number of rotatable bonds is 5. The molecule has 128 valence electrons. The average Bonchev–Trinajstić information content (AvgIpc) is 3.07. The molecule has 2 aliphatic rings. The zero-order valence-electron chi connectivity index (χ0n) is 13.7. The summed E-state index contributed by atoms with van der Waals surface area (Å²) in [7, 11) is -3.29. The summed E-state index contributed by atoms with van der Waals surface area (Å²) in [5.74, 6) is 0.197. The van der Waals surface area contributed by atoms with Gasteiger partial charge in [-0.1, -0.05) is 30.3 Å². The largest absolute Gasteiger partial charge is 0.375 e. The maximum Gasteiger partial charge on any atom is 0.216 e. The van der Waals surface area contributed by atoms with Crippen LogP contribution in [-0.2, 0) is 14.8 Å². The molecular formula is C17H26N2O3S. The first-order valence-corrected chi connectivity index (χ1v) is 10.1. The van der Waals surface area contributed by atoms with E-state index in [2.05, 4.69) is 4.90 Å². The molecule has 0 N–H and O–H groups in total. The zero-order chi connectivity index (χ0) is 16.3. The normalized spacial score (nSPS) is 27.3. The van der Waals surface area contributed by atoms with E-state index in [0.717, 1.165) is 18.7 Å². The van der Waals surface area contributed by atoms with Crippen LogP contribution in [0.25, 0.3) is 0 Å². The maximum absolute atomic E-state index is 12.9. The van der Waals surface area contributed by atoms with Crippen LogP contribution in [0.15, 0.2) is 30.3 Å². The van der Waals surface area contributed by atoms with Gasteiger partial charge in [0.2, 0.25) is 10.0 Å². The van der Waals surface area contributed by atoms with Gasteiger partial charge in [-0.05, 0) is 38.4 Å². The van der Waals surface area contributed by atoms with Gasteiger partial charge in [0.15, 0.2) is 0 Å². The third-order valence-corrected chi connectivity index (χ3v) is 6.55. The summed E-state index contributed by atoms with van der Waals surface area (Å²) in [6, 6.07) is 9.59. The highest BCUT2D eigenvalue weighted by Gasteiger charge is 2.36. The summed E-state index contributed by atoms with van der Waals surface area (Å²) in [5, 5.41) is 0. The number of nitrogens with zero attached hydrogens (tertiary/aromatic N) is 2. The van der Waals surface area contributed by atoms with Crippen molar-refractivity contribution in [3.63, 3.8) is 0 Å². The summed E-state index contributed by atoms with van der Waals surface area (Å²) in [4.78, 5) is 2.25. The number of likely N-dealkylation sites (tertiary alicyclic amines) is 1. The van der Waals surface area contributed by atoms with Crippen molar-refractivity contribution in [3.8, 4) is 0 Å². The molecule has 2 heterocycles. The Balaban J connectivity index is 1.74. The van der Waals surface area contributed by atoms with Crippen LogP contribution in [0.2, 0.25) is 0 Å². The van der Waals surface area contributed by atoms with Gasteiger partial charge in [-0.25, -0.2) is 8.42 Å². The van der Waals surface area contributed by atoms with Crippen molar-refractivity contribution in [2.24, 2.45) is 0 Å². The topological polar surface area (TPSA) is 49.9 Å². The SMILES string of the molecule is C[C@@H]1CN(S(=O)(=O)CCN2CCCC2)[C@@H](c2ccccc2)CO1. The molecule has 0 unspecified atom stereocenters. The molecule has 6 heteroatoms. The van der Waals surface area contributed by atoms with Gasteiger partial charge in [-0.3, -0.25) is 0 Å². The Kier molecular flexibility index (Phi) is 5.36. The van der Waals surface area contributed by atoms with Crippen molar-refractivity contribution < 1.29 is 13.2 Å². The molecule has 1 aromatic rings. The van der Waals surface area contributed by atoms with Crippen LogP contribution < -0.4 is 0 Å². The lowest BCUT2D eigenvalue weighted by molar-refractivity contribution is -0.0231. The standard InChI is InChI=1S/C17H26N2O3S/c1-15-13-19(17(14-22-15)16-7-3-2-4-8-16)23(20,21)12-11-18-9-5-6-10-18/h2-4,7-8,15,17H,5-6,9-14H2,1H3/t15-,17-/m1/s1. The zero-order valence-corrected chi connectivity index (χ0v) is 14.5. The molecule has 0 saturated carbocycles. The van der Waals surface area contributed by atoms with Gasteiger partial charge >= 0.3 is 0 Å². The summed E-state index contributed by atoms with van der Waals surface area (Å²) in [6.45, 7) is 5.48. The summed E-state index contributed by atoms with van der Waals surface area (Å²) < 4.78 is 33.2. The molecule has 1 aromatic carbocycles. The first-order valence-electron chi connectivity index (χ1n) is 8.45. The molecule has 0 radical (unpaired) electrons. The van der Waals surface area contributed by atoms with Gasteiger partial charge in [0.05, 0.1) is 24.5 Å². The number of morpholine rings is 1. The monoisotopic (exact) mass is 338 g/mol. The molecule has 2 fully saturated rings. The number of ether oxygens (including phenoxy) is 1. The molecule has 2 atom stereocenters. The Hall–Kier alpha value is -0.950. The summed E-state index contributed by atoms with van der Waals surface area (Å²) in [5.41, 5.74) is 1.00. The van der Waals surface area contributed by atoms with Crippen molar-refractivity contribution >= 4 is 10.0 Å². The molecular weight excluding hydrogens is 312 g/mol. The van der Waals surface area contributed by atoms with Crippen LogP contribution in [-0.4, -0.2) is 62.3 Å². The predicted octanol–water partition coefficient (Wildman–Crippen LogP) is 1.87. The second-order valence-electron chi connectivity index (χ2n) is 6.50. The van der Waals surface area contributed by atoms with Gasteiger partial charge in [-0.2, -0.15) is 4.31 Å². The Morgan fingerprint density at radius 3 is 2.57 bits per heavy atom. The van der Waals surface area contributed by atoms with E-state index in [1.807, 2.05) is 37.3 Å². The van der Waals surface area contributed by atoms with E-state index in [1.54, 1.807) is 4.31 Å².